The molecule has 1 rings (SSSR count). The highest BCUT2D eigenvalue weighted by Gasteiger charge is 2.27. The van der Waals surface area contributed by atoms with E-state index in [-0.39, 0.29) is 12.0 Å². The Labute approximate surface area is 94.5 Å². The zero-order valence-corrected chi connectivity index (χ0v) is 10.6. The molecule has 2 nitrogen and oxygen atoms in total. The maximum absolute atomic E-state index is 9.16. The van der Waals surface area contributed by atoms with E-state index in [2.05, 4.69) is 26.1 Å². The molecule has 0 spiro atoms. The molecule has 90 valence electrons. The molecule has 0 aromatic carbocycles. The summed E-state index contributed by atoms with van der Waals surface area (Å²) in [5.41, 5.74) is 0.523. The van der Waals surface area contributed by atoms with Crippen molar-refractivity contribution in [1.29, 1.82) is 0 Å². The van der Waals surface area contributed by atoms with Gasteiger partial charge in [0, 0.05) is 25.1 Å². The third kappa shape index (κ3) is 4.52. The fourth-order valence-corrected chi connectivity index (χ4v) is 2.34. The van der Waals surface area contributed by atoms with Crippen molar-refractivity contribution in [3.05, 3.63) is 0 Å². The van der Waals surface area contributed by atoms with Crippen LogP contribution in [0.3, 0.4) is 0 Å². The van der Waals surface area contributed by atoms with Gasteiger partial charge in [-0.3, -0.25) is 0 Å². The van der Waals surface area contributed by atoms with Gasteiger partial charge in [-0.2, -0.15) is 0 Å². The fraction of sp³-hybridized carbons (Fsp3) is 1.00. The monoisotopic (exact) mass is 213 g/mol. The molecule has 0 saturated heterocycles. The fourth-order valence-electron chi connectivity index (χ4n) is 2.34. The van der Waals surface area contributed by atoms with Gasteiger partial charge in [0.25, 0.3) is 0 Å². The summed E-state index contributed by atoms with van der Waals surface area (Å²) in [5.74, 6) is 0. The largest absolute Gasteiger partial charge is 0.396 e. The van der Waals surface area contributed by atoms with E-state index in [0.717, 1.165) is 13.1 Å². The number of rotatable bonds is 5. The highest BCUT2D eigenvalue weighted by molar-refractivity contribution is 4.81. The summed E-state index contributed by atoms with van der Waals surface area (Å²) in [5, 5.41) is 12.7. The third-order valence-electron chi connectivity index (χ3n) is 3.64. The number of aliphatic hydroxyl groups excluding tert-OH is 1. The van der Waals surface area contributed by atoms with Gasteiger partial charge in [-0.05, 0) is 18.3 Å². The Morgan fingerprint density at radius 1 is 1.20 bits per heavy atom. The molecule has 0 unspecified atom stereocenters. The Hall–Kier alpha value is -0.0800. The molecule has 1 aliphatic rings. The zero-order valence-electron chi connectivity index (χ0n) is 10.6. The molecule has 0 atom stereocenters. The minimum atomic E-state index is 0.0189. The van der Waals surface area contributed by atoms with Gasteiger partial charge in [-0.1, -0.05) is 40.0 Å². The lowest BCUT2D eigenvalue weighted by atomic mass is 9.75. The molecule has 0 bridgehead atoms. The summed E-state index contributed by atoms with van der Waals surface area (Å²) in [7, 11) is 0. The minimum absolute atomic E-state index is 0.0189. The Morgan fingerprint density at radius 2 is 1.80 bits per heavy atom. The molecule has 15 heavy (non-hydrogen) atoms. The van der Waals surface area contributed by atoms with Crippen molar-refractivity contribution in [2.24, 2.45) is 10.8 Å². The van der Waals surface area contributed by atoms with Crippen LogP contribution in [-0.4, -0.2) is 24.8 Å². The molecule has 0 amide bonds. The SMILES string of the molecule is CC(C)(CO)CNCC1(C)CCCCC1. The molecule has 0 aliphatic heterocycles. The average molecular weight is 213 g/mol. The second-order valence-corrected chi connectivity index (χ2v) is 6.30. The summed E-state index contributed by atoms with van der Waals surface area (Å²) in [4.78, 5) is 0. The second kappa shape index (κ2) is 5.31. The van der Waals surface area contributed by atoms with Crippen molar-refractivity contribution in [2.45, 2.75) is 52.9 Å². The summed E-state index contributed by atoms with van der Waals surface area (Å²) < 4.78 is 0. The van der Waals surface area contributed by atoms with Crippen LogP contribution < -0.4 is 5.32 Å². The second-order valence-electron chi connectivity index (χ2n) is 6.30. The molecular formula is C13H27NO. The summed E-state index contributed by atoms with van der Waals surface area (Å²) in [6.45, 7) is 8.88. The van der Waals surface area contributed by atoms with Crippen LogP contribution in [0.2, 0.25) is 0 Å². The first-order chi connectivity index (χ1) is 6.97. The van der Waals surface area contributed by atoms with Gasteiger partial charge < -0.3 is 10.4 Å². The van der Waals surface area contributed by atoms with Crippen LogP contribution in [0.4, 0.5) is 0 Å². The van der Waals surface area contributed by atoms with E-state index >= 15 is 0 Å². The highest BCUT2D eigenvalue weighted by Crippen LogP contribution is 2.35. The zero-order chi connectivity index (χ0) is 11.4. The van der Waals surface area contributed by atoms with Crippen molar-refractivity contribution in [3.8, 4) is 0 Å². The number of aliphatic hydroxyl groups is 1. The molecule has 1 fully saturated rings. The van der Waals surface area contributed by atoms with Crippen LogP contribution in [0.15, 0.2) is 0 Å². The Balaban J connectivity index is 2.24. The van der Waals surface area contributed by atoms with Gasteiger partial charge >= 0.3 is 0 Å². The van der Waals surface area contributed by atoms with E-state index < -0.39 is 0 Å². The van der Waals surface area contributed by atoms with Crippen molar-refractivity contribution in [2.75, 3.05) is 19.7 Å². The average Bonchev–Trinajstić information content (AvgIpc) is 2.18. The van der Waals surface area contributed by atoms with Crippen LogP contribution in [0, 0.1) is 10.8 Å². The van der Waals surface area contributed by atoms with E-state index in [1.54, 1.807) is 0 Å². The van der Waals surface area contributed by atoms with Crippen molar-refractivity contribution in [3.63, 3.8) is 0 Å². The lowest BCUT2D eigenvalue weighted by Crippen LogP contribution is -2.39. The quantitative estimate of drug-likeness (QED) is 0.735. The van der Waals surface area contributed by atoms with Gasteiger partial charge in [0.1, 0.15) is 0 Å². The molecule has 0 heterocycles. The normalized spacial score (nSPS) is 21.6. The summed E-state index contributed by atoms with van der Waals surface area (Å²) in [6.07, 6.45) is 6.92. The number of hydrogen-bond acceptors (Lipinski definition) is 2. The van der Waals surface area contributed by atoms with Crippen molar-refractivity contribution >= 4 is 0 Å². The predicted octanol–water partition coefficient (Wildman–Crippen LogP) is 2.56. The maximum Gasteiger partial charge on any atom is 0.0494 e. The molecule has 1 saturated carbocycles. The Bertz CT molecular complexity index is 183. The Kier molecular flexibility index (Phi) is 4.60. The predicted molar refractivity (Wildman–Crippen MR) is 64.9 cm³/mol. The van der Waals surface area contributed by atoms with E-state index in [0.29, 0.717) is 5.41 Å². The van der Waals surface area contributed by atoms with E-state index in [1.807, 2.05) is 0 Å². The van der Waals surface area contributed by atoms with Gasteiger partial charge in [0.05, 0.1) is 0 Å². The molecule has 0 aromatic heterocycles. The van der Waals surface area contributed by atoms with Gasteiger partial charge in [0.15, 0.2) is 0 Å². The minimum Gasteiger partial charge on any atom is -0.396 e. The van der Waals surface area contributed by atoms with Gasteiger partial charge in [0.2, 0.25) is 0 Å². The topological polar surface area (TPSA) is 32.3 Å². The molecule has 0 aromatic rings. The van der Waals surface area contributed by atoms with Gasteiger partial charge in [-0.25, -0.2) is 0 Å². The van der Waals surface area contributed by atoms with Crippen LogP contribution in [0.5, 0.6) is 0 Å². The van der Waals surface area contributed by atoms with Crippen LogP contribution in [0.25, 0.3) is 0 Å². The smallest absolute Gasteiger partial charge is 0.0494 e. The Morgan fingerprint density at radius 3 is 2.33 bits per heavy atom. The van der Waals surface area contributed by atoms with E-state index in [4.69, 9.17) is 5.11 Å². The van der Waals surface area contributed by atoms with Crippen LogP contribution in [0.1, 0.15) is 52.9 Å². The van der Waals surface area contributed by atoms with Crippen molar-refractivity contribution in [1.82, 2.24) is 5.32 Å². The first-order valence-electron chi connectivity index (χ1n) is 6.29. The van der Waals surface area contributed by atoms with Crippen molar-refractivity contribution < 1.29 is 5.11 Å². The highest BCUT2D eigenvalue weighted by atomic mass is 16.3. The standard InChI is InChI=1S/C13H27NO/c1-12(2,11-15)9-14-10-13(3)7-5-4-6-8-13/h14-15H,4-11H2,1-3H3. The number of nitrogens with one attached hydrogen (secondary N) is 1. The van der Waals surface area contributed by atoms with Crippen LogP contribution in [-0.2, 0) is 0 Å². The first kappa shape index (κ1) is 13.0. The summed E-state index contributed by atoms with van der Waals surface area (Å²) >= 11 is 0. The van der Waals surface area contributed by atoms with Crippen LogP contribution >= 0.6 is 0 Å². The van der Waals surface area contributed by atoms with Gasteiger partial charge in [-0.15, -0.1) is 0 Å². The maximum atomic E-state index is 9.16. The van der Waals surface area contributed by atoms with E-state index in [1.165, 1.54) is 32.1 Å². The van der Waals surface area contributed by atoms with E-state index in [9.17, 15) is 0 Å². The first-order valence-corrected chi connectivity index (χ1v) is 6.29. The molecule has 1 aliphatic carbocycles. The lowest BCUT2D eigenvalue weighted by Gasteiger charge is -2.35. The lowest BCUT2D eigenvalue weighted by molar-refractivity contribution is 0.143. The third-order valence-corrected chi connectivity index (χ3v) is 3.64. The molecule has 2 N–H and O–H groups in total. The number of hydrogen-bond donors (Lipinski definition) is 2. The molecular weight excluding hydrogens is 186 g/mol. The molecule has 2 heteroatoms. The summed E-state index contributed by atoms with van der Waals surface area (Å²) in [6, 6.07) is 0. The molecule has 0 radical (unpaired) electrons.